The van der Waals surface area contributed by atoms with Gasteiger partial charge in [-0.3, -0.25) is 14.4 Å². The average molecular weight is 242 g/mol. The van der Waals surface area contributed by atoms with Crippen LogP contribution in [0.1, 0.15) is 12.8 Å². The Hall–Kier alpha value is -1.63. The van der Waals surface area contributed by atoms with E-state index in [2.05, 4.69) is 5.32 Å². The van der Waals surface area contributed by atoms with E-state index in [1.165, 1.54) is 0 Å². The lowest BCUT2D eigenvalue weighted by Crippen LogP contribution is -2.47. The molecule has 0 aromatic rings. The van der Waals surface area contributed by atoms with E-state index in [0.717, 1.165) is 18.0 Å². The van der Waals surface area contributed by atoms with Crippen LogP contribution in [-0.4, -0.2) is 48.8 Å². The van der Waals surface area contributed by atoms with Gasteiger partial charge in [0.2, 0.25) is 17.7 Å². The Bertz CT molecular complexity index is 297. The number of amides is 3. The zero-order chi connectivity index (χ0) is 12.8. The third kappa shape index (κ3) is 4.39. The summed E-state index contributed by atoms with van der Waals surface area (Å²) >= 11 is 0. The minimum absolute atomic E-state index is 0.157. The molecule has 1 aliphatic heterocycles. The molecule has 1 aliphatic rings. The second-order valence-electron chi connectivity index (χ2n) is 4.15. The molecule has 0 saturated carbocycles. The molecule has 0 aromatic heterocycles. The minimum Gasteiger partial charge on any atom is -0.368 e. The highest BCUT2D eigenvalue weighted by Gasteiger charge is 2.27. The smallest absolute Gasteiger partial charge is 0.237 e. The van der Waals surface area contributed by atoms with E-state index in [4.69, 9.17) is 11.5 Å². The highest BCUT2D eigenvalue weighted by molar-refractivity contribution is 5.89. The molecule has 1 rings (SSSR count). The molecular weight excluding hydrogens is 224 g/mol. The van der Waals surface area contributed by atoms with Gasteiger partial charge in [-0.2, -0.15) is 0 Å². The van der Waals surface area contributed by atoms with Crippen molar-refractivity contribution in [3.8, 4) is 0 Å². The van der Waals surface area contributed by atoms with Crippen LogP contribution in [0.3, 0.4) is 0 Å². The summed E-state index contributed by atoms with van der Waals surface area (Å²) in [6.07, 6.45) is 1.40. The first kappa shape index (κ1) is 13.4. The van der Waals surface area contributed by atoms with Gasteiger partial charge >= 0.3 is 0 Å². The minimum atomic E-state index is -0.645. The van der Waals surface area contributed by atoms with Crippen molar-refractivity contribution >= 4 is 17.7 Å². The Morgan fingerprint density at radius 2 is 1.53 bits per heavy atom. The van der Waals surface area contributed by atoms with E-state index in [0.29, 0.717) is 12.8 Å². The number of primary amides is 2. The first-order valence-electron chi connectivity index (χ1n) is 5.57. The zero-order valence-corrected chi connectivity index (χ0v) is 9.65. The predicted molar refractivity (Wildman–Crippen MR) is 60.6 cm³/mol. The number of carbonyl (C=O) groups is 3. The van der Waals surface area contributed by atoms with Crippen LogP contribution in [0.15, 0.2) is 0 Å². The third-order valence-electron chi connectivity index (χ3n) is 2.69. The van der Waals surface area contributed by atoms with Crippen LogP contribution in [0, 0.1) is 5.92 Å². The average Bonchev–Trinajstić information content (AvgIpc) is 2.27. The number of nitrogens with one attached hydrogen (secondary N) is 1. The van der Waals surface area contributed by atoms with Crippen molar-refractivity contribution in [3.05, 3.63) is 0 Å². The van der Waals surface area contributed by atoms with Crippen molar-refractivity contribution < 1.29 is 14.4 Å². The summed E-state index contributed by atoms with van der Waals surface area (Å²) in [6.45, 7) is 1.01. The molecule has 1 saturated heterocycles. The molecule has 1 heterocycles. The van der Waals surface area contributed by atoms with Gasteiger partial charge < -0.3 is 21.7 Å². The molecular formula is C10H18N4O3. The lowest BCUT2D eigenvalue weighted by Gasteiger charge is -2.28. The Kier molecular flexibility index (Phi) is 4.89. The number of carbonyl (C=O) groups excluding carboxylic acids is 3. The van der Waals surface area contributed by atoms with Crippen molar-refractivity contribution in [1.82, 2.24) is 10.2 Å². The first-order valence-corrected chi connectivity index (χ1v) is 5.57. The predicted octanol–water partition coefficient (Wildman–Crippen LogP) is -2.21. The van der Waals surface area contributed by atoms with Crippen molar-refractivity contribution in [3.63, 3.8) is 0 Å². The Labute approximate surface area is 99.5 Å². The standard InChI is InChI=1S/C10H18N4O3/c11-8(15)5-14(6-9(12)16)10(17)7-1-3-13-4-2-7/h7,13H,1-6H2,(H2,11,15)(H2,12,16). The molecule has 7 nitrogen and oxygen atoms in total. The lowest BCUT2D eigenvalue weighted by molar-refractivity contribution is -0.141. The summed E-state index contributed by atoms with van der Waals surface area (Å²) < 4.78 is 0. The third-order valence-corrected chi connectivity index (χ3v) is 2.69. The number of piperidine rings is 1. The monoisotopic (exact) mass is 242 g/mol. The van der Waals surface area contributed by atoms with E-state index in [-0.39, 0.29) is 24.9 Å². The van der Waals surface area contributed by atoms with Crippen molar-refractivity contribution in [1.29, 1.82) is 0 Å². The molecule has 0 bridgehead atoms. The lowest BCUT2D eigenvalue weighted by atomic mass is 9.96. The molecule has 0 atom stereocenters. The van der Waals surface area contributed by atoms with Gasteiger partial charge in [0, 0.05) is 5.92 Å². The van der Waals surface area contributed by atoms with E-state index in [1.807, 2.05) is 0 Å². The van der Waals surface area contributed by atoms with E-state index in [9.17, 15) is 14.4 Å². The molecule has 96 valence electrons. The maximum Gasteiger partial charge on any atom is 0.237 e. The fraction of sp³-hybridized carbons (Fsp3) is 0.700. The maximum absolute atomic E-state index is 12.1. The molecule has 0 spiro atoms. The highest BCUT2D eigenvalue weighted by Crippen LogP contribution is 2.14. The zero-order valence-electron chi connectivity index (χ0n) is 9.65. The number of nitrogens with two attached hydrogens (primary N) is 2. The van der Waals surface area contributed by atoms with Gasteiger partial charge in [0.25, 0.3) is 0 Å². The number of hydrogen-bond donors (Lipinski definition) is 3. The Morgan fingerprint density at radius 1 is 1.06 bits per heavy atom. The summed E-state index contributed by atoms with van der Waals surface area (Å²) in [5, 5.41) is 3.14. The summed E-state index contributed by atoms with van der Waals surface area (Å²) in [5.74, 6) is -1.67. The molecule has 0 radical (unpaired) electrons. The fourth-order valence-corrected chi connectivity index (χ4v) is 1.92. The molecule has 5 N–H and O–H groups in total. The normalized spacial score (nSPS) is 16.5. The summed E-state index contributed by atoms with van der Waals surface area (Å²) in [7, 11) is 0. The van der Waals surface area contributed by atoms with Crippen LogP contribution in [0.2, 0.25) is 0 Å². The van der Waals surface area contributed by atoms with Crippen molar-refractivity contribution in [2.24, 2.45) is 17.4 Å². The maximum atomic E-state index is 12.1. The van der Waals surface area contributed by atoms with Gasteiger partial charge in [-0.15, -0.1) is 0 Å². The second-order valence-corrected chi connectivity index (χ2v) is 4.15. The topological polar surface area (TPSA) is 119 Å². The van der Waals surface area contributed by atoms with Crippen LogP contribution in [0.25, 0.3) is 0 Å². The van der Waals surface area contributed by atoms with E-state index < -0.39 is 11.8 Å². The highest BCUT2D eigenvalue weighted by atomic mass is 16.2. The van der Waals surface area contributed by atoms with Crippen LogP contribution < -0.4 is 16.8 Å². The number of hydrogen-bond acceptors (Lipinski definition) is 4. The Morgan fingerprint density at radius 3 is 1.94 bits per heavy atom. The molecule has 0 aliphatic carbocycles. The van der Waals surface area contributed by atoms with Crippen LogP contribution in [0.5, 0.6) is 0 Å². The largest absolute Gasteiger partial charge is 0.368 e. The molecule has 7 heteroatoms. The van der Waals surface area contributed by atoms with Crippen LogP contribution in [-0.2, 0) is 14.4 Å². The Balaban J connectivity index is 2.63. The molecule has 3 amide bonds. The van der Waals surface area contributed by atoms with Crippen LogP contribution in [0.4, 0.5) is 0 Å². The quantitative estimate of drug-likeness (QED) is 0.506. The van der Waals surface area contributed by atoms with Gasteiger partial charge in [-0.1, -0.05) is 0 Å². The van der Waals surface area contributed by atoms with Gasteiger partial charge in [-0.25, -0.2) is 0 Å². The number of nitrogens with zero attached hydrogens (tertiary/aromatic N) is 1. The van der Waals surface area contributed by atoms with Gasteiger partial charge in [0.1, 0.15) is 0 Å². The fourth-order valence-electron chi connectivity index (χ4n) is 1.92. The summed E-state index contributed by atoms with van der Waals surface area (Å²) in [6, 6.07) is 0. The molecule has 0 aromatic carbocycles. The SMILES string of the molecule is NC(=O)CN(CC(N)=O)C(=O)C1CCNCC1. The molecule has 17 heavy (non-hydrogen) atoms. The number of rotatable bonds is 5. The van der Waals surface area contributed by atoms with Crippen LogP contribution >= 0.6 is 0 Å². The second kappa shape index (κ2) is 6.19. The summed E-state index contributed by atoms with van der Waals surface area (Å²) in [5.41, 5.74) is 10.1. The first-order chi connectivity index (χ1) is 8.00. The van der Waals surface area contributed by atoms with E-state index >= 15 is 0 Å². The van der Waals surface area contributed by atoms with Crippen molar-refractivity contribution in [2.75, 3.05) is 26.2 Å². The van der Waals surface area contributed by atoms with Gasteiger partial charge in [0.05, 0.1) is 13.1 Å². The van der Waals surface area contributed by atoms with Gasteiger partial charge in [-0.05, 0) is 25.9 Å². The van der Waals surface area contributed by atoms with Gasteiger partial charge in [0.15, 0.2) is 0 Å². The molecule has 1 fully saturated rings. The summed E-state index contributed by atoms with van der Waals surface area (Å²) in [4.78, 5) is 34.9. The van der Waals surface area contributed by atoms with Crippen molar-refractivity contribution in [2.45, 2.75) is 12.8 Å². The molecule has 0 unspecified atom stereocenters. The van der Waals surface area contributed by atoms with E-state index in [1.54, 1.807) is 0 Å².